The van der Waals surface area contributed by atoms with E-state index in [9.17, 15) is 0 Å². The number of hydrogen-bond donors (Lipinski definition) is 0. The molecule has 0 N–H and O–H groups in total. The predicted molar refractivity (Wildman–Crippen MR) is 148 cm³/mol. The Bertz CT molecular complexity index is 2480. The number of rotatable bonds is 0. The third kappa shape index (κ3) is 31.2. The molecule has 0 unspecified atom stereocenters. The number of hydrogen-bond acceptors (Lipinski definition) is 0. The topological polar surface area (TPSA) is 0 Å². The normalized spacial score (nSPS) is 3.90. The monoisotopic (exact) mass is 496 g/mol. The Kier molecular flexibility index (Phi) is 24.4. The van der Waals surface area contributed by atoms with Gasteiger partial charge in [0.2, 0.25) is 0 Å². The molecule has 0 heterocycles. The third-order valence-corrected chi connectivity index (χ3v) is 2.43. The Morgan fingerprint density at radius 2 is 0.195 bits per heavy atom. The summed E-state index contributed by atoms with van der Waals surface area (Å²) in [5, 5.41) is 0. The lowest BCUT2D eigenvalue weighted by Crippen LogP contribution is -1.25. The Balaban J connectivity index is 6.03. The summed E-state index contributed by atoms with van der Waals surface area (Å²) in [6.07, 6.45) is 0. The van der Waals surface area contributed by atoms with Crippen molar-refractivity contribution >= 4 is 0 Å². The predicted octanol–water partition coefficient (Wildman–Crippen LogP) is 6.85. The summed E-state index contributed by atoms with van der Waals surface area (Å²) in [7, 11) is 0. The molecule has 0 aromatic carbocycles. The van der Waals surface area contributed by atoms with E-state index in [4.69, 9.17) is 0 Å². The highest BCUT2D eigenvalue weighted by molar-refractivity contribution is 4.96. The van der Waals surface area contributed by atoms with E-state index in [2.05, 4.69) is 237 Å². The molecule has 0 saturated carbocycles. The summed E-state index contributed by atoms with van der Waals surface area (Å²) in [6.45, 7) is 6.62. The second kappa shape index (κ2) is 31.2. The zero-order valence-electron chi connectivity index (χ0n) is 20.9. The van der Waals surface area contributed by atoms with Crippen LogP contribution in [0.4, 0.5) is 0 Å². The summed E-state index contributed by atoms with van der Waals surface area (Å²) in [4.78, 5) is 0. The zero-order valence-corrected chi connectivity index (χ0v) is 20.9. The fourth-order valence-corrected chi connectivity index (χ4v) is 1.18. The van der Waals surface area contributed by atoms with Crippen LogP contribution in [0.1, 0.15) is 0 Å². The average Bonchev–Trinajstić information content (AvgIpc) is 2.98. The molecule has 0 fully saturated rings. The van der Waals surface area contributed by atoms with Gasteiger partial charge in [-0.25, -0.2) is 0 Å². The van der Waals surface area contributed by atoms with Gasteiger partial charge in [0, 0.05) is 120 Å². The first-order valence-corrected chi connectivity index (χ1v) is 10.2. The molecule has 0 radical (unpaired) electrons. The van der Waals surface area contributed by atoms with Gasteiger partial charge in [0.25, 0.3) is 0 Å². The lowest BCUT2D eigenvalue weighted by atomic mass is 10.6. The fraction of sp³-hybridized carbons (Fsp3) is 0. The van der Waals surface area contributed by atoms with Gasteiger partial charge in [0.05, 0.1) is 0 Å². The van der Waals surface area contributed by atoms with E-state index in [1.54, 1.807) is 0 Å². The van der Waals surface area contributed by atoms with Gasteiger partial charge < -0.3 is 0 Å². The highest BCUT2D eigenvalue weighted by atomic mass is 13.5. The second-order valence-electron chi connectivity index (χ2n) is 4.98. The molecule has 0 atom stereocenters. The highest BCUT2D eigenvalue weighted by Crippen LogP contribution is 1.60. The van der Waals surface area contributed by atoms with Gasteiger partial charge >= 0.3 is 0 Å². The first-order valence-electron chi connectivity index (χ1n) is 10.2. The molecule has 0 aliphatic rings. The molecule has 0 nitrogen and oxygen atoms in total. The molecule has 0 heteroatoms. The van der Waals surface area contributed by atoms with Gasteiger partial charge in [-0.1, -0.05) is 11.5 Å². The van der Waals surface area contributed by atoms with E-state index in [1.807, 2.05) is 0 Å². The van der Waals surface area contributed by atoms with Crippen LogP contribution >= 0.6 is 0 Å². The first kappa shape index (κ1) is 32.2. The van der Waals surface area contributed by atoms with Crippen LogP contribution in [0.15, 0.2) is 237 Å². The molecule has 0 rings (SSSR count). The summed E-state index contributed by atoms with van der Waals surface area (Å²) >= 11 is 0. The molecule has 0 saturated heterocycles. The Hall–Kier alpha value is -8.84. The minimum atomic E-state index is 2.37. The molecular formula is C41H4. The molecule has 0 aliphatic heterocycles. The molecule has 0 aromatic heterocycles. The smallest absolute Gasteiger partial charge is 0 e. The Morgan fingerprint density at radius 1 is 0.122 bits per heavy atom. The Morgan fingerprint density at radius 3 is 0.268 bits per heavy atom. The molecule has 168 valence electrons. The van der Waals surface area contributed by atoms with Crippen molar-refractivity contribution in [2.24, 2.45) is 0 Å². The van der Waals surface area contributed by atoms with E-state index in [-0.39, 0.29) is 0 Å². The van der Waals surface area contributed by atoms with Crippen molar-refractivity contribution in [2.75, 3.05) is 0 Å². The molecule has 0 spiro atoms. The van der Waals surface area contributed by atoms with Gasteiger partial charge in [-0.3, -0.25) is 0 Å². The van der Waals surface area contributed by atoms with Crippen molar-refractivity contribution in [2.45, 2.75) is 0 Å². The van der Waals surface area contributed by atoms with Crippen molar-refractivity contribution in [3.63, 3.8) is 0 Å². The van der Waals surface area contributed by atoms with Gasteiger partial charge in [-0.2, -0.15) is 0 Å². The van der Waals surface area contributed by atoms with Crippen molar-refractivity contribution in [3.8, 4) is 0 Å². The summed E-state index contributed by atoms with van der Waals surface area (Å²) < 4.78 is 0. The van der Waals surface area contributed by atoms with Gasteiger partial charge in [0.15, 0.2) is 0 Å². The van der Waals surface area contributed by atoms with E-state index < -0.39 is 0 Å². The quantitative estimate of drug-likeness (QED) is 0.322. The summed E-state index contributed by atoms with van der Waals surface area (Å²) in [6, 6.07) is 0. The van der Waals surface area contributed by atoms with E-state index in [0.717, 1.165) is 0 Å². The zero-order chi connectivity index (χ0) is 29.6. The van der Waals surface area contributed by atoms with Gasteiger partial charge in [0.1, 0.15) is 0 Å². The van der Waals surface area contributed by atoms with Crippen LogP contribution in [0.3, 0.4) is 0 Å². The Labute approximate surface area is 236 Å². The summed E-state index contributed by atoms with van der Waals surface area (Å²) in [5.41, 5.74) is 96.9. The lowest BCUT2D eigenvalue weighted by molar-refractivity contribution is 2.10. The minimum absolute atomic E-state index is 2.37. The maximum atomic E-state index is 3.31. The minimum Gasteiger partial charge on any atom is -0.0687 e. The van der Waals surface area contributed by atoms with Crippen LogP contribution < -0.4 is 0 Å². The molecular weight excluding hydrogens is 492 g/mol. The third-order valence-electron chi connectivity index (χ3n) is 2.43. The van der Waals surface area contributed by atoms with Crippen molar-refractivity contribution in [3.05, 3.63) is 237 Å². The summed E-state index contributed by atoms with van der Waals surface area (Å²) in [5.74, 6) is 0. The maximum Gasteiger partial charge on any atom is 0 e. The van der Waals surface area contributed by atoms with Crippen LogP contribution in [-0.2, 0) is 0 Å². The molecule has 41 heavy (non-hydrogen) atoms. The standard InChI is InChI=1S/C41H4/c1-3-5-7-9-11-13-15-17-19-21-23-25-27-29-31-33-35-37-39-41-40-38-36-34-32-30-28-26-24-22-20-18-16-14-12-10-8-6-4-2/h1-2H2. The lowest BCUT2D eigenvalue weighted by Gasteiger charge is -1.41. The van der Waals surface area contributed by atoms with Crippen molar-refractivity contribution in [1.29, 1.82) is 0 Å². The molecule has 0 aromatic rings. The molecule has 0 bridgehead atoms. The van der Waals surface area contributed by atoms with Gasteiger partial charge in [-0.15, -0.1) is 0 Å². The van der Waals surface area contributed by atoms with Crippen molar-refractivity contribution < 1.29 is 0 Å². The van der Waals surface area contributed by atoms with E-state index in [1.165, 1.54) is 0 Å². The van der Waals surface area contributed by atoms with Crippen LogP contribution in [0.5, 0.6) is 0 Å². The fourth-order valence-electron chi connectivity index (χ4n) is 1.18. The van der Waals surface area contributed by atoms with Gasteiger partial charge in [-0.05, 0) is 105 Å². The van der Waals surface area contributed by atoms with E-state index >= 15 is 0 Å². The van der Waals surface area contributed by atoms with Crippen LogP contribution in [0.25, 0.3) is 0 Å². The average molecular weight is 496 g/mol. The largest absolute Gasteiger partial charge is 0.0687 e. The van der Waals surface area contributed by atoms with Crippen molar-refractivity contribution in [1.82, 2.24) is 0 Å². The first-order chi connectivity index (χ1) is 20.4. The second-order valence-corrected chi connectivity index (χ2v) is 4.98. The maximum absolute atomic E-state index is 3.31. The SMILES string of the molecule is C=C=C=C=C=C=C=C=C=C=C=C=C=C=C=C=C=C=C=C=C=C=C=C=C=C=C=C=C=C=C=C=C=C=C=C=C=C=C=C=C. The van der Waals surface area contributed by atoms with Crippen LogP contribution in [0, 0.1) is 0 Å². The molecule has 0 aliphatic carbocycles. The highest BCUT2D eigenvalue weighted by Gasteiger charge is 1.44. The van der Waals surface area contributed by atoms with Crippen LogP contribution in [-0.4, -0.2) is 0 Å². The van der Waals surface area contributed by atoms with E-state index in [0.29, 0.717) is 0 Å². The molecule has 0 amide bonds. The van der Waals surface area contributed by atoms with Crippen LogP contribution in [0.2, 0.25) is 0 Å².